The molecule has 2 aromatic carbocycles. The summed E-state index contributed by atoms with van der Waals surface area (Å²) < 4.78 is 60.9. The van der Waals surface area contributed by atoms with Gasteiger partial charge in [0.25, 0.3) is 0 Å². The second kappa shape index (κ2) is 7.67. The molecule has 0 radical (unpaired) electrons. The number of carbonyl (C=O) groups is 1. The Bertz CT molecular complexity index is 737. The quantitative estimate of drug-likeness (QED) is 0.637. The fourth-order valence-corrected chi connectivity index (χ4v) is 2.00. The molecule has 8 heteroatoms. The summed E-state index contributed by atoms with van der Waals surface area (Å²) in [4.78, 5) is 11.4. The van der Waals surface area contributed by atoms with Gasteiger partial charge in [0.15, 0.2) is 0 Å². The van der Waals surface area contributed by atoms with Crippen LogP contribution < -0.4 is 10.1 Å². The molecule has 0 fully saturated rings. The number of anilines is 1. The van der Waals surface area contributed by atoms with E-state index in [1.807, 2.05) is 0 Å². The third-order valence-electron chi connectivity index (χ3n) is 3.12. The minimum Gasteiger partial charge on any atom is -0.465 e. The standard InChI is InChI=1S/C16H13F4NO3/c1-23-15(22)10-6-13(12(18)7-11(10)17)21-8-9-4-2-3-5-14(9)24-16(19)20/h2-7,16,21H,8H2,1H3. The van der Waals surface area contributed by atoms with Crippen molar-refractivity contribution in [2.45, 2.75) is 13.2 Å². The number of nitrogens with one attached hydrogen (secondary N) is 1. The highest BCUT2D eigenvalue weighted by molar-refractivity contribution is 5.90. The summed E-state index contributed by atoms with van der Waals surface area (Å²) in [6.45, 7) is -3.08. The molecule has 0 aliphatic carbocycles. The first kappa shape index (κ1) is 17.6. The number of rotatable bonds is 6. The van der Waals surface area contributed by atoms with E-state index in [1.165, 1.54) is 18.2 Å². The zero-order valence-electron chi connectivity index (χ0n) is 12.5. The predicted molar refractivity (Wildman–Crippen MR) is 78.1 cm³/mol. The summed E-state index contributed by atoms with van der Waals surface area (Å²) in [5.41, 5.74) is -0.289. The zero-order chi connectivity index (χ0) is 17.7. The van der Waals surface area contributed by atoms with Crippen LogP contribution in [0.25, 0.3) is 0 Å². The summed E-state index contributed by atoms with van der Waals surface area (Å²) in [6.07, 6.45) is 0. The number of alkyl halides is 2. The van der Waals surface area contributed by atoms with Gasteiger partial charge in [-0.25, -0.2) is 13.6 Å². The summed E-state index contributed by atoms with van der Waals surface area (Å²) in [5.74, 6) is -3.04. The molecule has 0 saturated heterocycles. The molecule has 24 heavy (non-hydrogen) atoms. The molecule has 2 rings (SSSR count). The second-order valence-corrected chi connectivity index (χ2v) is 4.64. The molecule has 128 valence electrons. The Morgan fingerprint density at radius 3 is 2.54 bits per heavy atom. The van der Waals surface area contributed by atoms with Gasteiger partial charge in [-0.05, 0) is 12.1 Å². The number of ether oxygens (including phenoxy) is 2. The first-order chi connectivity index (χ1) is 11.4. The van der Waals surface area contributed by atoms with Gasteiger partial charge in [-0.15, -0.1) is 0 Å². The van der Waals surface area contributed by atoms with E-state index in [0.29, 0.717) is 11.6 Å². The molecule has 4 nitrogen and oxygen atoms in total. The van der Waals surface area contributed by atoms with Gasteiger partial charge in [0, 0.05) is 18.2 Å². The van der Waals surface area contributed by atoms with Crippen LogP contribution in [0, 0.1) is 11.6 Å². The molecule has 0 bridgehead atoms. The normalized spacial score (nSPS) is 10.6. The van der Waals surface area contributed by atoms with Crippen LogP contribution in [0.15, 0.2) is 36.4 Å². The molecule has 0 spiro atoms. The number of halogens is 4. The van der Waals surface area contributed by atoms with E-state index in [4.69, 9.17) is 0 Å². The van der Waals surface area contributed by atoms with E-state index >= 15 is 0 Å². The van der Waals surface area contributed by atoms with Crippen molar-refractivity contribution in [1.82, 2.24) is 0 Å². The van der Waals surface area contributed by atoms with E-state index in [2.05, 4.69) is 14.8 Å². The number of hydrogen-bond donors (Lipinski definition) is 1. The molecule has 0 amide bonds. The third kappa shape index (κ3) is 4.15. The maximum Gasteiger partial charge on any atom is 0.387 e. The van der Waals surface area contributed by atoms with Crippen LogP contribution in [0.1, 0.15) is 15.9 Å². The fourth-order valence-electron chi connectivity index (χ4n) is 2.00. The van der Waals surface area contributed by atoms with Gasteiger partial charge in [-0.3, -0.25) is 0 Å². The Morgan fingerprint density at radius 1 is 1.17 bits per heavy atom. The molecule has 0 atom stereocenters. The van der Waals surface area contributed by atoms with Crippen LogP contribution in [0.2, 0.25) is 0 Å². The van der Waals surface area contributed by atoms with Gasteiger partial charge in [0.05, 0.1) is 18.4 Å². The van der Waals surface area contributed by atoms with Crippen molar-refractivity contribution in [3.05, 3.63) is 59.2 Å². The molecule has 1 N–H and O–H groups in total. The molecule has 0 heterocycles. The van der Waals surface area contributed by atoms with E-state index in [0.717, 1.165) is 13.2 Å². The van der Waals surface area contributed by atoms with Gasteiger partial charge < -0.3 is 14.8 Å². The van der Waals surface area contributed by atoms with Crippen molar-refractivity contribution in [2.24, 2.45) is 0 Å². The lowest BCUT2D eigenvalue weighted by Crippen LogP contribution is -2.10. The number of methoxy groups -OCH3 is 1. The molecule has 0 saturated carbocycles. The number of carbonyl (C=O) groups excluding carboxylic acids is 1. The number of hydrogen-bond acceptors (Lipinski definition) is 4. The van der Waals surface area contributed by atoms with Crippen LogP contribution >= 0.6 is 0 Å². The van der Waals surface area contributed by atoms with Crippen LogP contribution in [-0.2, 0) is 11.3 Å². The van der Waals surface area contributed by atoms with Gasteiger partial charge in [0.1, 0.15) is 17.4 Å². The van der Waals surface area contributed by atoms with Crippen LogP contribution in [-0.4, -0.2) is 19.7 Å². The van der Waals surface area contributed by atoms with Crippen LogP contribution in [0.4, 0.5) is 23.2 Å². The summed E-state index contributed by atoms with van der Waals surface area (Å²) in [7, 11) is 1.07. The highest BCUT2D eigenvalue weighted by atomic mass is 19.3. The van der Waals surface area contributed by atoms with E-state index in [1.54, 1.807) is 6.07 Å². The van der Waals surface area contributed by atoms with E-state index < -0.39 is 29.8 Å². The first-order valence-corrected chi connectivity index (χ1v) is 6.76. The number of esters is 1. The molecule has 0 aliphatic heterocycles. The molecule has 0 aliphatic rings. The van der Waals surface area contributed by atoms with Crippen molar-refractivity contribution in [1.29, 1.82) is 0 Å². The van der Waals surface area contributed by atoms with E-state index in [9.17, 15) is 22.4 Å². The van der Waals surface area contributed by atoms with Crippen molar-refractivity contribution >= 4 is 11.7 Å². The smallest absolute Gasteiger partial charge is 0.387 e. The average molecular weight is 343 g/mol. The lowest BCUT2D eigenvalue weighted by atomic mass is 10.1. The minimum absolute atomic E-state index is 0.0734. The third-order valence-corrected chi connectivity index (χ3v) is 3.12. The van der Waals surface area contributed by atoms with Crippen molar-refractivity contribution < 1.29 is 31.8 Å². The first-order valence-electron chi connectivity index (χ1n) is 6.76. The lowest BCUT2D eigenvalue weighted by molar-refractivity contribution is -0.0504. The van der Waals surface area contributed by atoms with Crippen molar-refractivity contribution in [3.63, 3.8) is 0 Å². The predicted octanol–water partition coefficient (Wildman–Crippen LogP) is 3.96. The maximum atomic E-state index is 13.8. The number of para-hydroxylation sites is 1. The van der Waals surface area contributed by atoms with Crippen LogP contribution in [0.3, 0.4) is 0 Å². The van der Waals surface area contributed by atoms with Crippen LogP contribution in [0.5, 0.6) is 5.75 Å². The van der Waals surface area contributed by atoms with E-state index in [-0.39, 0.29) is 18.0 Å². The second-order valence-electron chi connectivity index (χ2n) is 4.64. The molecule has 2 aromatic rings. The summed E-state index contributed by atoms with van der Waals surface area (Å²) >= 11 is 0. The lowest BCUT2D eigenvalue weighted by Gasteiger charge is -2.13. The van der Waals surface area contributed by atoms with Crippen molar-refractivity contribution in [3.8, 4) is 5.75 Å². The Hall–Kier alpha value is -2.77. The number of benzene rings is 2. The average Bonchev–Trinajstić information content (AvgIpc) is 2.54. The summed E-state index contributed by atoms with van der Waals surface area (Å²) in [6, 6.07) is 7.44. The Balaban J connectivity index is 2.22. The largest absolute Gasteiger partial charge is 0.465 e. The zero-order valence-corrected chi connectivity index (χ0v) is 12.5. The minimum atomic E-state index is -3.00. The van der Waals surface area contributed by atoms with Gasteiger partial charge in [0.2, 0.25) is 0 Å². The van der Waals surface area contributed by atoms with Gasteiger partial charge in [-0.2, -0.15) is 8.78 Å². The summed E-state index contributed by atoms with van der Waals surface area (Å²) in [5, 5.41) is 2.62. The molecule has 0 unspecified atom stereocenters. The van der Waals surface area contributed by atoms with Gasteiger partial charge >= 0.3 is 12.6 Å². The highest BCUT2D eigenvalue weighted by Crippen LogP contribution is 2.24. The van der Waals surface area contributed by atoms with Crippen molar-refractivity contribution in [2.75, 3.05) is 12.4 Å². The Kier molecular flexibility index (Phi) is 5.62. The molecular weight excluding hydrogens is 330 g/mol. The van der Waals surface area contributed by atoms with Gasteiger partial charge in [-0.1, -0.05) is 18.2 Å². The topological polar surface area (TPSA) is 47.6 Å². The Labute approximate surface area is 135 Å². The maximum absolute atomic E-state index is 13.8. The monoisotopic (exact) mass is 343 g/mol. The Morgan fingerprint density at radius 2 is 1.88 bits per heavy atom. The molecular formula is C16H13F4NO3. The SMILES string of the molecule is COC(=O)c1cc(NCc2ccccc2OC(F)F)c(F)cc1F. The molecule has 0 aromatic heterocycles. The highest BCUT2D eigenvalue weighted by Gasteiger charge is 2.17. The fraction of sp³-hybridized carbons (Fsp3) is 0.188.